The normalized spacial score (nSPS) is 10.2. The van der Waals surface area contributed by atoms with Gasteiger partial charge in [0.05, 0.1) is 23.0 Å². The fourth-order valence-electron chi connectivity index (χ4n) is 3.95. The van der Waals surface area contributed by atoms with Crippen LogP contribution in [0.25, 0.3) is 10.9 Å². The number of hydrogen-bond donors (Lipinski definition) is 2. The number of carbonyl (C=O) groups is 2. The van der Waals surface area contributed by atoms with Crippen molar-refractivity contribution in [2.75, 3.05) is 5.73 Å². The number of benzene rings is 4. The lowest BCUT2D eigenvalue weighted by molar-refractivity contribution is -0.116. The second-order valence-corrected chi connectivity index (χ2v) is 10.3. The van der Waals surface area contributed by atoms with Crippen LogP contribution in [0, 0.1) is 6.92 Å². The van der Waals surface area contributed by atoms with E-state index in [-0.39, 0.29) is 22.6 Å². The average Bonchev–Trinajstić information content (AvgIpc) is 2.95. The van der Waals surface area contributed by atoms with Crippen molar-refractivity contribution < 1.29 is 14.7 Å². The van der Waals surface area contributed by atoms with Gasteiger partial charge in [0.15, 0.2) is 0 Å². The van der Waals surface area contributed by atoms with Gasteiger partial charge in [-0.1, -0.05) is 83.9 Å². The standard InChI is InChI=1S/C16H13ClN2O.C10H12O.C7H6ClNO2/c1-11-18-15-9-13(17)7-8-14(15)16(20)19(11)10-12-5-3-2-4-6-12;1-9(11)7-8-10-5-3-2-4-6-10;8-4-1-2-5(7(10)11)6(9)3-4/h2-9H,10H2,1H3;2-6H,7-8H2,1H3;1-3H,9H2,(H,10,11). The summed E-state index contributed by atoms with van der Waals surface area (Å²) in [7, 11) is 0. The van der Waals surface area contributed by atoms with E-state index in [1.165, 1.54) is 23.8 Å². The highest BCUT2D eigenvalue weighted by atomic mass is 35.5. The third-order valence-electron chi connectivity index (χ3n) is 6.14. The van der Waals surface area contributed by atoms with Crippen LogP contribution in [0.3, 0.4) is 0 Å². The first-order valence-electron chi connectivity index (χ1n) is 13.1. The van der Waals surface area contributed by atoms with E-state index in [1.807, 2.05) is 67.6 Å². The highest BCUT2D eigenvalue weighted by Gasteiger charge is 2.09. The van der Waals surface area contributed by atoms with Gasteiger partial charge in [0.25, 0.3) is 5.56 Å². The van der Waals surface area contributed by atoms with Gasteiger partial charge in [-0.2, -0.15) is 0 Å². The molecule has 0 fully saturated rings. The number of carbonyl (C=O) groups excluding carboxylic acids is 1. The minimum absolute atomic E-state index is 0.0342. The van der Waals surface area contributed by atoms with Crippen molar-refractivity contribution in [1.29, 1.82) is 0 Å². The van der Waals surface area contributed by atoms with E-state index in [9.17, 15) is 14.4 Å². The van der Waals surface area contributed by atoms with Gasteiger partial charge in [0.2, 0.25) is 0 Å². The molecule has 0 bridgehead atoms. The first-order chi connectivity index (χ1) is 20.0. The molecule has 0 atom stereocenters. The lowest BCUT2D eigenvalue weighted by Crippen LogP contribution is -2.24. The summed E-state index contributed by atoms with van der Waals surface area (Å²) in [6.07, 6.45) is 1.53. The Morgan fingerprint density at radius 2 is 1.43 bits per heavy atom. The van der Waals surface area contributed by atoms with Gasteiger partial charge in [-0.15, -0.1) is 0 Å². The van der Waals surface area contributed by atoms with Crippen LogP contribution < -0.4 is 11.3 Å². The number of aromatic carboxylic acids is 1. The summed E-state index contributed by atoms with van der Waals surface area (Å²) in [5.41, 5.74) is 8.54. The van der Waals surface area contributed by atoms with E-state index in [1.54, 1.807) is 29.7 Å². The van der Waals surface area contributed by atoms with E-state index < -0.39 is 5.97 Å². The molecular formula is C33H31Cl2N3O4. The lowest BCUT2D eigenvalue weighted by atomic mass is 10.1. The molecular weight excluding hydrogens is 573 g/mol. The van der Waals surface area contributed by atoms with Gasteiger partial charge < -0.3 is 15.6 Å². The highest BCUT2D eigenvalue weighted by Crippen LogP contribution is 2.18. The average molecular weight is 605 g/mol. The first kappa shape index (κ1) is 32.1. The Kier molecular flexibility index (Phi) is 11.8. The maximum atomic E-state index is 12.5. The Bertz CT molecular complexity index is 1720. The zero-order chi connectivity index (χ0) is 30.6. The Morgan fingerprint density at radius 3 is 2.00 bits per heavy atom. The number of nitrogens with two attached hydrogens (primary N) is 1. The third kappa shape index (κ3) is 9.58. The number of hydrogen-bond acceptors (Lipinski definition) is 5. The van der Waals surface area contributed by atoms with Crippen LogP contribution in [-0.2, 0) is 17.8 Å². The molecule has 9 heteroatoms. The molecule has 0 saturated heterocycles. The largest absolute Gasteiger partial charge is 0.478 e. The smallest absolute Gasteiger partial charge is 0.337 e. The van der Waals surface area contributed by atoms with Gasteiger partial charge in [-0.3, -0.25) is 9.36 Å². The SMILES string of the molecule is CC(=O)CCc1ccccc1.Cc1nc2cc(Cl)ccc2c(=O)n1Cc1ccccc1.Nc1cc(Cl)ccc1C(=O)O. The van der Waals surface area contributed by atoms with Crippen LogP contribution in [0.4, 0.5) is 5.69 Å². The minimum atomic E-state index is -1.04. The lowest BCUT2D eigenvalue weighted by Gasteiger charge is -2.11. The van der Waals surface area contributed by atoms with Crippen LogP contribution in [0.5, 0.6) is 0 Å². The van der Waals surface area contributed by atoms with Crippen LogP contribution >= 0.6 is 23.2 Å². The number of Topliss-reactive ketones (excluding diaryl/α,β-unsaturated/α-hetero) is 1. The van der Waals surface area contributed by atoms with Crippen molar-refractivity contribution in [3.05, 3.63) is 140 Å². The summed E-state index contributed by atoms with van der Waals surface area (Å²) in [5, 5.41) is 10.2. The fourth-order valence-corrected chi connectivity index (χ4v) is 4.30. The molecule has 42 heavy (non-hydrogen) atoms. The van der Waals surface area contributed by atoms with E-state index in [4.69, 9.17) is 34.0 Å². The van der Waals surface area contributed by atoms with Crippen LogP contribution in [-0.4, -0.2) is 26.4 Å². The maximum Gasteiger partial charge on any atom is 0.337 e. The first-order valence-corrected chi connectivity index (χ1v) is 13.8. The topological polar surface area (TPSA) is 115 Å². The number of anilines is 1. The van der Waals surface area contributed by atoms with Gasteiger partial charge in [-0.25, -0.2) is 9.78 Å². The molecule has 0 radical (unpaired) electrons. The number of ketones is 1. The summed E-state index contributed by atoms with van der Waals surface area (Å²) in [4.78, 5) is 38.0. The monoisotopic (exact) mass is 603 g/mol. The van der Waals surface area contributed by atoms with Crippen molar-refractivity contribution in [3.8, 4) is 0 Å². The molecule has 0 amide bonds. The Morgan fingerprint density at radius 1 is 0.857 bits per heavy atom. The number of nitrogen functional groups attached to an aromatic ring is 1. The second-order valence-electron chi connectivity index (χ2n) is 9.42. The molecule has 0 aliphatic rings. The van der Waals surface area contributed by atoms with Crippen molar-refractivity contribution >= 4 is 51.5 Å². The Hall–Kier alpha value is -4.46. The summed E-state index contributed by atoms with van der Waals surface area (Å²) in [6, 6.07) is 29.4. The number of rotatable bonds is 6. The number of carboxylic acids is 1. The van der Waals surface area contributed by atoms with Gasteiger partial charge in [-0.05, 0) is 67.8 Å². The molecule has 5 aromatic rings. The molecule has 4 aromatic carbocycles. The number of aromatic nitrogens is 2. The van der Waals surface area contributed by atoms with Crippen molar-refractivity contribution in [2.24, 2.45) is 0 Å². The van der Waals surface area contributed by atoms with Crippen molar-refractivity contribution in [1.82, 2.24) is 9.55 Å². The maximum absolute atomic E-state index is 12.5. The highest BCUT2D eigenvalue weighted by molar-refractivity contribution is 6.31. The summed E-state index contributed by atoms with van der Waals surface area (Å²) >= 11 is 11.5. The summed E-state index contributed by atoms with van der Waals surface area (Å²) in [6.45, 7) is 3.99. The van der Waals surface area contributed by atoms with E-state index in [0.717, 1.165) is 12.0 Å². The summed E-state index contributed by atoms with van der Waals surface area (Å²) < 4.78 is 1.69. The molecule has 3 N–H and O–H groups in total. The number of nitrogens with zero attached hydrogens (tertiary/aromatic N) is 2. The molecule has 0 unspecified atom stereocenters. The van der Waals surface area contributed by atoms with Crippen LogP contribution in [0.15, 0.2) is 102 Å². The number of carboxylic acid groups (broad SMARTS) is 1. The van der Waals surface area contributed by atoms with E-state index in [2.05, 4.69) is 4.98 Å². The molecule has 216 valence electrons. The van der Waals surface area contributed by atoms with Gasteiger partial charge in [0.1, 0.15) is 11.6 Å². The number of halogens is 2. The van der Waals surface area contributed by atoms with Crippen LogP contribution in [0.2, 0.25) is 10.0 Å². The molecule has 1 heterocycles. The third-order valence-corrected chi connectivity index (χ3v) is 6.61. The fraction of sp³-hybridized carbons (Fsp3) is 0.152. The molecule has 5 rings (SSSR count). The van der Waals surface area contributed by atoms with Crippen LogP contribution in [0.1, 0.15) is 40.7 Å². The molecule has 7 nitrogen and oxygen atoms in total. The molecule has 0 aliphatic heterocycles. The zero-order valence-corrected chi connectivity index (χ0v) is 24.8. The van der Waals surface area contributed by atoms with Crippen molar-refractivity contribution in [2.45, 2.75) is 33.2 Å². The zero-order valence-electron chi connectivity index (χ0n) is 23.3. The Labute approximate surface area is 254 Å². The minimum Gasteiger partial charge on any atom is -0.478 e. The van der Waals surface area contributed by atoms with Gasteiger partial charge in [0, 0.05) is 22.2 Å². The second kappa shape index (κ2) is 15.5. The summed E-state index contributed by atoms with van der Waals surface area (Å²) in [5.74, 6) is -0.0957. The molecule has 1 aromatic heterocycles. The van der Waals surface area contributed by atoms with Crippen molar-refractivity contribution in [3.63, 3.8) is 0 Å². The van der Waals surface area contributed by atoms with E-state index in [0.29, 0.717) is 39.7 Å². The molecule has 0 aliphatic carbocycles. The Balaban J connectivity index is 0.000000188. The molecule has 0 spiro atoms. The van der Waals surface area contributed by atoms with E-state index >= 15 is 0 Å². The predicted octanol–water partition coefficient (Wildman–Crippen LogP) is 7.24. The predicted molar refractivity (Wildman–Crippen MR) is 170 cm³/mol. The van der Waals surface area contributed by atoms with Gasteiger partial charge >= 0.3 is 5.97 Å². The molecule has 0 saturated carbocycles. The number of aryl methyl sites for hydroxylation is 2. The quantitative estimate of drug-likeness (QED) is 0.198. The number of fused-ring (bicyclic) bond motifs is 1.